The van der Waals surface area contributed by atoms with Crippen molar-refractivity contribution in [2.45, 2.75) is 6.92 Å². The molecule has 0 saturated carbocycles. The third-order valence-electron chi connectivity index (χ3n) is 3.33. The Hall–Kier alpha value is -2.41. The predicted octanol–water partition coefficient (Wildman–Crippen LogP) is 1.04. The molecule has 7 heteroatoms. The summed E-state index contributed by atoms with van der Waals surface area (Å²) < 4.78 is 4.88. The minimum Gasteiger partial charge on any atom is -0.368 e. The van der Waals surface area contributed by atoms with E-state index < -0.39 is 0 Å². The summed E-state index contributed by atoms with van der Waals surface area (Å²) in [6, 6.07) is 5.34. The Kier molecular flexibility index (Phi) is 3.83. The molecule has 3 heterocycles. The summed E-state index contributed by atoms with van der Waals surface area (Å²) in [5.74, 6) is 0.774. The molecule has 0 aliphatic carbocycles. The van der Waals surface area contributed by atoms with Crippen LogP contribution in [0.2, 0.25) is 0 Å². The van der Waals surface area contributed by atoms with E-state index in [-0.39, 0.29) is 11.6 Å². The molecule has 2 aromatic rings. The highest BCUT2D eigenvalue weighted by Crippen LogP contribution is 2.16. The Balaban J connectivity index is 1.65. The van der Waals surface area contributed by atoms with Crippen LogP contribution in [-0.4, -0.2) is 42.2 Å². The van der Waals surface area contributed by atoms with Gasteiger partial charge in [0.15, 0.2) is 5.69 Å². The van der Waals surface area contributed by atoms with Gasteiger partial charge in [0.2, 0.25) is 0 Å². The first-order valence-electron chi connectivity index (χ1n) is 6.89. The number of amides is 1. The maximum absolute atomic E-state index is 11.9. The first-order chi connectivity index (χ1) is 10.2. The molecule has 0 bridgehead atoms. The van der Waals surface area contributed by atoms with Crippen molar-refractivity contribution in [3.63, 3.8) is 0 Å². The third-order valence-corrected chi connectivity index (χ3v) is 3.33. The average Bonchev–Trinajstić information content (AvgIpc) is 2.96. The monoisotopic (exact) mass is 287 g/mol. The SMILES string of the molecule is Cc1cc(C(=O)Nc2ccc(N3CCNCC3)cn2)no1. The molecule has 0 spiro atoms. The lowest BCUT2D eigenvalue weighted by Gasteiger charge is -2.29. The van der Waals surface area contributed by atoms with Crippen molar-refractivity contribution in [3.8, 4) is 0 Å². The van der Waals surface area contributed by atoms with Gasteiger partial charge in [0, 0.05) is 32.2 Å². The van der Waals surface area contributed by atoms with Crippen LogP contribution in [0.3, 0.4) is 0 Å². The zero-order valence-electron chi connectivity index (χ0n) is 11.8. The number of anilines is 2. The van der Waals surface area contributed by atoms with Crippen LogP contribution >= 0.6 is 0 Å². The fraction of sp³-hybridized carbons (Fsp3) is 0.357. The van der Waals surface area contributed by atoms with E-state index in [2.05, 4.69) is 25.7 Å². The van der Waals surface area contributed by atoms with Gasteiger partial charge in [-0.1, -0.05) is 5.16 Å². The van der Waals surface area contributed by atoms with E-state index in [1.54, 1.807) is 25.3 Å². The summed E-state index contributed by atoms with van der Waals surface area (Å²) in [6.45, 7) is 5.62. The molecular weight excluding hydrogens is 270 g/mol. The maximum atomic E-state index is 11.9. The average molecular weight is 287 g/mol. The molecule has 0 aromatic carbocycles. The van der Waals surface area contributed by atoms with Crippen LogP contribution in [0.15, 0.2) is 28.9 Å². The molecule has 2 aromatic heterocycles. The van der Waals surface area contributed by atoms with Crippen molar-refractivity contribution < 1.29 is 9.32 Å². The van der Waals surface area contributed by atoms with Crippen molar-refractivity contribution in [1.82, 2.24) is 15.5 Å². The fourth-order valence-corrected chi connectivity index (χ4v) is 2.22. The zero-order valence-corrected chi connectivity index (χ0v) is 11.8. The standard InChI is InChI=1S/C14H17N5O2/c1-10-8-12(18-21-10)14(20)17-13-3-2-11(9-16-13)19-6-4-15-5-7-19/h2-3,8-9,15H,4-7H2,1H3,(H,16,17,20). The number of nitrogens with one attached hydrogen (secondary N) is 2. The number of aromatic nitrogens is 2. The Morgan fingerprint density at radius 2 is 2.19 bits per heavy atom. The van der Waals surface area contributed by atoms with Crippen LogP contribution in [-0.2, 0) is 0 Å². The highest BCUT2D eigenvalue weighted by molar-refractivity contribution is 6.02. The summed E-state index contributed by atoms with van der Waals surface area (Å²) in [5.41, 5.74) is 1.31. The van der Waals surface area contributed by atoms with Crippen LogP contribution in [0.25, 0.3) is 0 Å². The second-order valence-corrected chi connectivity index (χ2v) is 4.92. The first-order valence-corrected chi connectivity index (χ1v) is 6.89. The zero-order chi connectivity index (χ0) is 14.7. The molecule has 1 amide bonds. The minimum atomic E-state index is -0.325. The molecule has 3 rings (SSSR count). The number of hydrogen-bond donors (Lipinski definition) is 2. The molecule has 0 radical (unpaired) electrons. The van der Waals surface area contributed by atoms with Gasteiger partial charge in [-0.25, -0.2) is 4.98 Å². The van der Waals surface area contributed by atoms with Gasteiger partial charge in [0.25, 0.3) is 5.91 Å². The summed E-state index contributed by atoms with van der Waals surface area (Å²) >= 11 is 0. The summed E-state index contributed by atoms with van der Waals surface area (Å²) in [5, 5.41) is 9.68. The lowest BCUT2D eigenvalue weighted by atomic mass is 10.3. The van der Waals surface area contributed by atoms with Crippen molar-refractivity contribution in [3.05, 3.63) is 35.9 Å². The van der Waals surface area contributed by atoms with E-state index in [0.29, 0.717) is 11.6 Å². The number of carbonyl (C=O) groups excluding carboxylic acids is 1. The van der Waals surface area contributed by atoms with Crippen molar-refractivity contribution in [2.24, 2.45) is 0 Å². The normalized spacial score (nSPS) is 15.0. The lowest BCUT2D eigenvalue weighted by Crippen LogP contribution is -2.43. The first kappa shape index (κ1) is 13.6. The van der Waals surface area contributed by atoms with Gasteiger partial charge in [-0.15, -0.1) is 0 Å². The topological polar surface area (TPSA) is 83.3 Å². The molecule has 1 saturated heterocycles. The smallest absolute Gasteiger partial charge is 0.279 e. The van der Waals surface area contributed by atoms with Crippen LogP contribution in [0.5, 0.6) is 0 Å². The largest absolute Gasteiger partial charge is 0.368 e. The summed E-state index contributed by atoms with van der Waals surface area (Å²) in [4.78, 5) is 18.5. The van der Waals surface area contributed by atoms with E-state index in [1.165, 1.54) is 0 Å². The molecular formula is C14H17N5O2. The van der Waals surface area contributed by atoms with Gasteiger partial charge in [-0.3, -0.25) is 4.79 Å². The van der Waals surface area contributed by atoms with Crippen LogP contribution in [0.4, 0.5) is 11.5 Å². The molecule has 7 nitrogen and oxygen atoms in total. The number of piperazine rings is 1. The van der Waals surface area contributed by atoms with Gasteiger partial charge in [0.05, 0.1) is 11.9 Å². The van der Waals surface area contributed by atoms with E-state index in [0.717, 1.165) is 31.9 Å². The molecule has 110 valence electrons. The van der Waals surface area contributed by atoms with Gasteiger partial charge in [0.1, 0.15) is 11.6 Å². The van der Waals surface area contributed by atoms with Gasteiger partial charge in [-0.2, -0.15) is 0 Å². The third kappa shape index (κ3) is 3.19. The molecule has 21 heavy (non-hydrogen) atoms. The van der Waals surface area contributed by atoms with Gasteiger partial charge in [-0.05, 0) is 19.1 Å². The van der Waals surface area contributed by atoms with Crippen molar-refractivity contribution >= 4 is 17.4 Å². The highest BCUT2D eigenvalue weighted by Gasteiger charge is 2.13. The number of carbonyl (C=O) groups is 1. The van der Waals surface area contributed by atoms with Crippen molar-refractivity contribution in [2.75, 3.05) is 36.4 Å². The number of rotatable bonds is 3. The molecule has 0 unspecified atom stereocenters. The quantitative estimate of drug-likeness (QED) is 0.877. The van der Waals surface area contributed by atoms with Crippen LogP contribution in [0.1, 0.15) is 16.2 Å². The van der Waals surface area contributed by atoms with E-state index in [9.17, 15) is 4.79 Å². The van der Waals surface area contributed by atoms with Crippen LogP contribution < -0.4 is 15.5 Å². The Labute approximate surface area is 122 Å². The molecule has 0 atom stereocenters. The number of nitrogens with zero attached hydrogens (tertiary/aromatic N) is 3. The molecule has 1 aliphatic rings. The van der Waals surface area contributed by atoms with E-state index >= 15 is 0 Å². The fourth-order valence-electron chi connectivity index (χ4n) is 2.22. The number of aryl methyl sites for hydroxylation is 1. The van der Waals surface area contributed by atoms with Gasteiger partial charge >= 0.3 is 0 Å². The van der Waals surface area contributed by atoms with E-state index in [4.69, 9.17) is 4.52 Å². The van der Waals surface area contributed by atoms with Gasteiger partial charge < -0.3 is 20.1 Å². The Morgan fingerprint density at radius 3 is 2.81 bits per heavy atom. The van der Waals surface area contributed by atoms with E-state index in [1.807, 2.05) is 6.07 Å². The van der Waals surface area contributed by atoms with Crippen molar-refractivity contribution in [1.29, 1.82) is 0 Å². The maximum Gasteiger partial charge on any atom is 0.279 e. The van der Waals surface area contributed by atoms with Crippen LogP contribution in [0, 0.1) is 6.92 Å². The molecule has 1 fully saturated rings. The highest BCUT2D eigenvalue weighted by atomic mass is 16.5. The second kappa shape index (κ2) is 5.92. The Bertz CT molecular complexity index is 617. The minimum absolute atomic E-state index is 0.250. The lowest BCUT2D eigenvalue weighted by molar-refractivity contribution is 0.101. The predicted molar refractivity (Wildman–Crippen MR) is 78.5 cm³/mol. The second-order valence-electron chi connectivity index (χ2n) is 4.92. The molecule has 2 N–H and O–H groups in total. The number of hydrogen-bond acceptors (Lipinski definition) is 6. The molecule has 1 aliphatic heterocycles. The Morgan fingerprint density at radius 1 is 1.38 bits per heavy atom. The summed E-state index contributed by atoms with van der Waals surface area (Å²) in [7, 11) is 0. The number of pyridine rings is 1. The summed E-state index contributed by atoms with van der Waals surface area (Å²) in [6.07, 6.45) is 1.77.